The molecule has 78 valence electrons. The standard InChI is InChI=1S/C12H25N/c1-4-9-12(3,5-2)13-10-7-6-8-11-13/h4-11H2,1-3H3. The molecule has 1 heteroatoms. The van der Waals surface area contributed by atoms with Gasteiger partial charge >= 0.3 is 0 Å². The van der Waals surface area contributed by atoms with Crippen molar-refractivity contribution >= 4 is 0 Å². The van der Waals surface area contributed by atoms with Crippen LogP contribution in [0.3, 0.4) is 0 Å². The van der Waals surface area contributed by atoms with Gasteiger partial charge in [-0.15, -0.1) is 0 Å². The minimum atomic E-state index is 0.495. The second-order valence-electron chi connectivity index (χ2n) is 4.65. The molecule has 1 aliphatic heterocycles. The van der Waals surface area contributed by atoms with E-state index in [0.717, 1.165) is 0 Å². The van der Waals surface area contributed by atoms with Gasteiger partial charge in [0.25, 0.3) is 0 Å². The molecular formula is C12H25N. The Hall–Kier alpha value is -0.0400. The summed E-state index contributed by atoms with van der Waals surface area (Å²) in [6.07, 6.45) is 8.27. The molecule has 1 fully saturated rings. The molecule has 1 saturated heterocycles. The lowest BCUT2D eigenvalue weighted by Crippen LogP contribution is -2.48. The van der Waals surface area contributed by atoms with Gasteiger partial charge in [0.2, 0.25) is 0 Å². The van der Waals surface area contributed by atoms with Gasteiger partial charge in [-0.3, -0.25) is 4.90 Å². The van der Waals surface area contributed by atoms with Gasteiger partial charge in [0.1, 0.15) is 0 Å². The lowest BCUT2D eigenvalue weighted by Gasteiger charge is -2.43. The highest BCUT2D eigenvalue weighted by molar-refractivity contribution is 4.86. The molecule has 1 rings (SSSR count). The van der Waals surface area contributed by atoms with Crippen molar-refractivity contribution in [3.63, 3.8) is 0 Å². The second-order valence-corrected chi connectivity index (χ2v) is 4.65. The third-order valence-corrected chi connectivity index (χ3v) is 3.67. The molecule has 0 N–H and O–H groups in total. The molecule has 13 heavy (non-hydrogen) atoms. The number of piperidine rings is 1. The third-order valence-electron chi connectivity index (χ3n) is 3.67. The molecule has 1 atom stereocenters. The molecule has 0 aromatic heterocycles. The van der Waals surface area contributed by atoms with Crippen LogP contribution in [0.2, 0.25) is 0 Å². The van der Waals surface area contributed by atoms with Crippen molar-refractivity contribution in [2.24, 2.45) is 0 Å². The Kier molecular flexibility index (Phi) is 4.24. The number of hydrogen-bond acceptors (Lipinski definition) is 1. The average Bonchev–Trinajstić information content (AvgIpc) is 2.19. The van der Waals surface area contributed by atoms with Gasteiger partial charge in [-0.2, -0.15) is 0 Å². The van der Waals surface area contributed by atoms with Crippen LogP contribution in [-0.4, -0.2) is 23.5 Å². The first kappa shape index (κ1) is 11.0. The molecule has 0 saturated carbocycles. The molecule has 1 nitrogen and oxygen atoms in total. The van der Waals surface area contributed by atoms with Crippen LogP contribution < -0.4 is 0 Å². The number of rotatable bonds is 4. The molecule has 1 unspecified atom stereocenters. The lowest BCUT2D eigenvalue weighted by molar-refractivity contribution is 0.0687. The zero-order valence-electron chi connectivity index (χ0n) is 9.60. The van der Waals surface area contributed by atoms with Crippen LogP contribution in [0.25, 0.3) is 0 Å². The van der Waals surface area contributed by atoms with Gasteiger partial charge in [0.15, 0.2) is 0 Å². The molecule has 0 spiro atoms. The monoisotopic (exact) mass is 183 g/mol. The Morgan fingerprint density at radius 2 is 1.69 bits per heavy atom. The number of likely N-dealkylation sites (tertiary alicyclic amines) is 1. The maximum absolute atomic E-state index is 2.72. The zero-order valence-corrected chi connectivity index (χ0v) is 9.60. The molecule has 0 aliphatic carbocycles. The second kappa shape index (κ2) is 4.99. The van der Waals surface area contributed by atoms with Crippen LogP contribution in [0.15, 0.2) is 0 Å². The van der Waals surface area contributed by atoms with Crippen molar-refractivity contribution < 1.29 is 0 Å². The average molecular weight is 183 g/mol. The maximum Gasteiger partial charge on any atom is 0.0178 e. The SMILES string of the molecule is CCCC(C)(CC)N1CCCCC1. The predicted molar refractivity (Wildman–Crippen MR) is 59.0 cm³/mol. The Morgan fingerprint density at radius 1 is 1.08 bits per heavy atom. The van der Waals surface area contributed by atoms with Crippen LogP contribution in [0.4, 0.5) is 0 Å². The van der Waals surface area contributed by atoms with Crippen LogP contribution in [0, 0.1) is 0 Å². The molecule has 0 radical (unpaired) electrons. The van der Waals surface area contributed by atoms with Crippen molar-refractivity contribution in [3.05, 3.63) is 0 Å². The Morgan fingerprint density at radius 3 is 2.15 bits per heavy atom. The summed E-state index contributed by atoms with van der Waals surface area (Å²) >= 11 is 0. The van der Waals surface area contributed by atoms with E-state index in [1.54, 1.807) is 0 Å². The molecule has 1 heterocycles. The number of nitrogens with zero attached hydrogens (tertiary/aromatic N) is 1. The van der Waals surface area contributed by atoms with Gasteiger partial charge in [0, 0.05) is 5.54 Å². The van der Waals surface area contributed by atoms with Crippen LogP contribution >= 0.6 is 0 Å². The highest BCUT2D eigenvalue weighted by Crippen LogP contribution is 2.28. The van der Waals surface area contributed by atoms with Crippen molar-refractivity contribution in [1.82, 2.24) is 4.90 Å². The van der Waals surface area contributed by atoms with Gasteiger partial charge in [-0.25, -0.2) is 0 Å². The molecule has 0 aromatic carbocycles. The topological polar surface area (TPSA) is 3.24 Å². The van der Waals surface area contributed by atoms with E-state index < -0.39 is 0 Å². The quantitative estimate of drug-likeness (QED) is 0.645. The summed E-state index contributed by atoms with van der Waals surface area (Å²) in [6.45, 7) is 9.76. The van der Waals surface area contributed by atoms with E-state index in [1.165, 1.54) is 51.6 Å². The van der Waals surface area contributed by atoms with Gasteiger partial charge in [0.05, 0.1) is 0 Å². The first-order valence-electron chi connectivity index (χ1n) is 5.98. The smallest absolute Gasteiger partial charge is 0.0178 e. The summed E-state index contributed by atoms with van der Waals surface area (Å²) < 4.78 is 0. The van der Waals surface area contributed by atoms with E-state index in [-0.39, 0.29) is 0 Å². The van der Waals surface area contributed by atoms with Crippen LogP contribution in [0.5, 0.6) is 0 Å². The summed E-state index contributed by atoms with van der Waals surface area (Å²) in [6, 6.07) is 0. The van der Waals surface area contributed by atoms with Crippen molar-refractivity contribution in [2.75, 3.05) is 13.1 Å². The van der Waals surface area contributed by atoms with Crippen LogP contribution in [0.1, 0.15) is 59.3 Å². The van der Waals surface area contributed by atoms with E-state index in [2.05, 4.69) is 25.7 Å². The summed E-state index contributed by atoms with van der Waals surface area (Å²) in [5, 5.41) is 0. The van der Waals surface area contributed by atoms with E-state index in [4.69, 9.17) is 0 Å². The first-order chi connectivity index (χ1) is 6.23. The van der Waals surface area contributed by atoms with Gasteiger partial charge in [-0.05, 0) is 45.7 Å². The highest BCUT2D eigenvalue weighted by atomic mass is 15.2. The minimum absolute atomic E-state index is 0.495. The maximum atomic E-state index is 2.72. The Bertz CT molecular complexity index is 138. The minimum Gasteiger partial charge on any atom is -0.298 e. The van der Waals surface area contributed by atoms with Gasteiger partial charge < -0.3 is 0 Å². The first-order valence-corrected chi connectivity index (χ1v) is 5.98. The predicted octanol–water partition coefficient (Wildman–Crippen LogP) is 3.44. The van der Waals surface area contributed by atoms with Crippen molar-refractivity contribution in [1.29, 1.82) is 0 Å². The van der Waals surface area contributed by atoms with E-state index in [9.17, 15) is 0 Å². The van der Waals surface area contributed by atoms with Crippen molar-refractivity contribution in [2.45, 2.75) is 64.8 Å². The van der Waals surface area contributed by atoms with Crippen LogP contribution in [-0.2, 0) is 0 Å². The molecule has 0 aromatic rings. The Balaban J connectivity index is 2.51. The number of hydrogen-bond donors (Lipinski definition) is 0. The molecule has 1 aliphatic rings. The zero-order chi connectivity index (χ0) is 9.73. The fourth-order valence-corrected chi connectivity index (χ4v) is 2.53. The summed E-state index contributed by atoms with van der Waals surface area (Å²) in [5.74, 6) is 0. The fraction of sp³-hybridized carbons (Fsp3) is 1.00. The molecule has 0 amide bonds. The summed E-state index contributed by atoms with van der Waals surface area (Å²) in [4.78, 5) is 2.72. The molecule has 0 bridgehead atoms. The lowest BCUT2D eigenvalue weighted by atomic mass is 9.89. The fourth-order valence-electron chi connectivity index (χ4n) is 2.53. The Labute approximate surface area is 83.5 Å². The van der Waals surface area contributed by atoms with Gasteiger partial charge in [-0.1, -0.05) is 26.7 Å². The van der Waals surface area contributed by atoms with E-state index in [1.807, 2.05) is 0 Å². The largest absolute Gasteiger partial charge is 0.298 e. The summed E-state index contributed by atoms with van der Waals surface area (Å²) in [7, 11) is 0. The third kappa shape index (κ3) is 2.70. The molecular weight excluding hydrogens is 158 g/mol. The highest BCUT2D eigenvalue weighted by Gasteiger charge is 2.29. The normalized spacial score (nSPS) is 24.2. The van der Waals surface area contributed by atoms with E-state index in [0.29, 0.717) is 5.54 Å². The van der Waals surface area contributed by atoms with Crippen molar-refractivity contribution in [3.8, 4) is 0 Å². The summed E-state index contributed by atoms with van der Waals surface area (Å²) in [5.41, 5.74) is 0.495. The van der Waals surface area contributed by atoms with E-state index >= 15 is 0 Å².